The number of carbonyl (C=O) groups excluding carboxylic acids is 1. The molecular weight excluding hydrogens is 341 g/mol. The Morgan fingerprint density at radius 3 is 2.54 bits per heavy atom. The second-order valence-corrected chi connectivity index (χ2v) is 6.78. The number of hydrogen-bond acceptors (Lipinski definition) is 2. The van der Waals surface area contributed by atoms with Gasteiger partial charge in [-0.2, -0.15) is 13.2 Å². The van der Waals surface area contributed by atoms with Gasteiger partial charge in [-0.3, -0.25) is 9.69 Å². The third-order valence-corrected chi connectivity index (χ3v) is 4.90. The number of hydrogen-bond donors (Lipinski definition) is 1. The maximum absolute atomic E-state index is 12.9. The van der Waals surface area contributed by atoms with E-state index in [0.29, 0.717) is 5.56 Å². The van der Waals surface area contributed by atoms with E-state index in [1.807, 2.05) is 12.1 Å². The van der Waals surface area contributed by atoms with Crippen molar-refractivity contribution in [1.29, 1.82) is 0 Å². The minimum Gasteiger partial charge on any atom is -0.366 e. The van der Waals surface area contributed by atoms with Gasteiger partial charge in [0.2, 0.25) is 5.91 Å². The van der Waals surface area contributed by atoms with Crippen LogP contribution in [0.3, 0.4) is 0 Å². The zero-order valence-corrected chi connectivity index (χ0v) is 14.5. The normalized spacial score (nSPS) is 20.6. The first-order valence-electron chi connectivity index (χ1n) is 8.57. The minimum atomic E-state index is -4.31. The molecule has 2 unspecified atom stereocenters. The summed E-state index contributed by atoms with van der Waals surface area (Å²) in [5, 5.41) is 0. The number of carbonyl (C=O) groups is 1. The molecule has 0 bridgehead atoms. The van der Waals surface area contributed by atoms with Gasteiger partial charge in [-0.25, -0.2) is 0 Å². The van der Waals surface area contributed by atoms with Gasteiger partial charge in [0.25, 0.3) is 0 Å². The van der Waals surface area contributed by atoms with Gasteiger partial charge in [0, 0.05) is 24.2 Å². The molecule has 0 saturated carbocycles. The first-order valence-corrected chi connectivity index (χ1v) is 8.57. The Morgan fingerprint density at radius 1 is 1.23 bits per heavy atom. The van der Waals surface area contributed by atoms with Crippen LogP contribution in [-0.2, 0) is 12.6 Å². The van der Waals surface area contributed by atoms with Crippen LogP contribution in [0.4, 0.5) is 13.2 Å². The van der Waals surface area contributed by atoms with E-state index < -0.39 is 17.6 Å². The van der Waals surface area contributed by atoms with Crippen molar-refractivity contribution >= 4 is 5.91 Å². The smallest absolute Gasteiger partial charge is 0.366 e. The maximum Gasteiger partial charge on any atom is 0.416 e. The number of halogens is 3. The largest absolute Gasteiger partial charge is 0.416 e. The lowest BCUT2D eigenvalue weighted by atomic mass is 10.0. The topological polar surface area (TPSA) is 46.1 Å². The van der Waals surface area contributed by atoms with Gasteiger partial charge in [-0.05, 0) is 55.2 Å². The van der Waals surface area contributed by atoms with E-state index in [1.54, 1.807) is 18.2 Å². The Kier molecular flexibility index (Phi) is 5.05. The van der Waals surface area contributed by atoms with Crippen LogP contribution in [0.1, 0.15) is 46.4 Å². The second-order valence-electron chi connectivity index (χ2n) is 6.78. The van der Waals surface area contributed by atoms with Gasteiger partial charge in [-0.15, -0.1) is 0 Å². The third-order valence-electron chi connectivity index (χ3n) is 4.90. The molecule has 2 aromatic rings. The molecule has 0 spiro atoms. The van der Waals surface area contributed by atoms with E-state index in [4.69, 9.17) is 5.73 Å². The van der Waals surface area contributed by atoms with Crippen LogP contribution in [0.5, 0.6) is 0 Å². The van der Waals surface area contributed by atoms with Crippen LogP contribution in [0.2, 0.25) is 0 Å². The summed E-state index contributed by atoms with van der Waals surface area (Å²) in [4.78, 5) is 13.3. The van der Waals surface area contributed by atoms with Gasteiger partial charge in [0.15, 0.2) is 0 Å². The predicted molar refractivity (Wildman–Crippen MR) is 93.6 cm³/mol. The molecule has 3 rings (SSSR count). The molecule has 1 aliphatic heterocycles. The highest BCUT2D eigenvalue weighted by Gasteiger charge is 2.40. The van der Waals surface area contributed by atoms with E-state index in [0.717, 1.165) is 36.6 Å². The summed E-state index contributed by atoms with van der Waals surface area (Å²) in [6.07, 6.45) is -2.57. The van der Waals surface area contributed by atoms with E-state index in [1.165, 1.54) is 12.1 Å². The van der Waals surface area contributed by atoms with Crippen molar-refractivity contribution in [2.75, 3.05) is 6.54 Å². The van der Waals surface area contributed by atoms with E-state index >= 15 is 0 Å². The highest BCUT2D eigenvalue weighted by Crippen LogP contribution is 2.40. The summed E-state index contributed by atoms with van der Waals surface area (Å²) < 4.78 is 38.6. The first kappa shape index (κ1) is 18.5. The molecule has 1 heterocycles. The lowest BCUT2D eigenvalue weighted by Gasteiger charge is -2.15. The highest BCUT2D eigenvalue weighted by atomic mass is 19.4. The zero-order valence-electron chi connectivity index (χ0n) is 14.5. The summed E-state index contributed by atoms with van der Waals surface area (Å²) in [7, 11) is 0. The second kappa shape index (κ2) is 7.11. The Balaban J connectivity index is 1.56. The van der Waals surface area contributed by atoms with Crippen LogP contribution >= 0.6 is 0 Å². The fourth-order valence-corrected chi connectivity index (χ4v) is 3.24. The van der Waals surface area contributed by atoms with Crippen molar-refractivity contribution in [3.05, 3.63) is 70.8 Å². The SMILES string of the molecule is C[C@H](CCc1ccc(C(N)=O)cc1)N1CC1c1cccc(C(F)(F)F)c1. The van der Waals surface area contributed by atoms with Gasteiger partial charge in [-0.1, -0.05) is 24.3 Å². The molecule has 2 N–H and O–H groups in total. The summed E-state index contributed by atoms with van der Waals surface area (Å²) in [6, 6.07) is 13.1. The number of primary amides is 1. The molecule has 1 aliphatic rings. The molecule has 6 heteroatoms. The molecule has 2 aromatic carbocycles. The van der Waals surface area contributed by atoms with Crippen LogP contribution in [0.15, 0.2) is 48.5 Å². The molecule has 3 atom stereocenters. The first-order chi connectivity index (χ1) is 12.3. The van der Waals surface area contributed by atoms with Crippen LogP contribution < -0.4 is 5.73 Å². The average molecular weight is 362 g/mol. The van der Waals surface area contributed by atoms with Crippen molar-refractivity contribution < 1.29 is 18.0 Å². The lowest BCUT2D eigenvalue weighted by molar-refractivity contribution is -0.137. The van der Waals surface area contributed by atoms with Crippen LogP contribution in [0, 0.1) is 0 Å². The van der Waals surface area contributed by atoms with Gasteiger partial charge in [0.1, 0.15) is 0 Å². The fourth-order valence-electron chi connectivity index (χ4n) is 3.24. The van der Waals surface area contributed by atoms with Crippen molar-refractivity contribution in [2.45, 2.75) is 38.0 Å². The maximum atomic E-state index is 12.9. The molecule has 0 aromatic heterocycles. The number of benzene rings is 2. The molecule has 3 nitrogen and oxygen atoms in total. The number of aryl methyl sites for hydroxylation is 1. The average Bonchev–Trinajstić information content (AvgIpc) is 3.40. The molecule has 138 valence electrons. The van der Waals surface area contributed by atoms with Gasteiger partial charge in [0.05, 0.1) is 5.56 Å². The molecule has 0 aliphatic carbocycles. The van der Waals surface area contributed by atoms with E-state index in [-0.39, 0.29) is 12.1 Å². The van der Waals surface area contributed by atoms with Crippen molar-refractivity contribution in [3.63, 3.8) is 0 Å². The Labute approximate surface area is 150 Å². The zero-order chi connectivity index (χ0) is 18.9. The number of nitrogens with zero attached hydrogens (tertiary/aromatic N) is 1. The van der Waals surface area contributed by atoms with Crippen LogP contribution in [-0.4, -0.2) is 23.4 Å². The van der Waals surface area contributed by atoms with Crippen molar-refractivity contribution in [3.8, 4) is 0 Å². The van der Waals surface area contributed by atoms with Crippen molar-refractivity contribution in [1.82, 2.24) is 4.90 Å². The van der Waals surface area contributed by atoms with Crippen LogP contribution in [0.25, 0.3) is 0 Å². The molecular formula is C20H21F3N2O. The quantitative estimate of drug-likeness (QED) is 0.784. The van der Waals surface area contributed by atoms with Gasteiger partial charge < -0.3 is 5.73 Å². The predicted octanol–water partition coefficient (Wildman–Crippen LogP) is 4.18. The van der Waals surface area contributed by atoms with Gasteiger partial charge >= 0.3 is 6.18 Å². The minimum absolute atomic E-state index is 0.0598. The van der Waals surface area contributed by atoms with E-state index in [2.05, 4.69) is 11.8 Å². The Hall–Kier alpha value is -2.34. The number of nitrogens with two attached hydrogens (primary N) is 1. The molecule has 1 amide bonds. The highest BCUT2D eigenvalue weighted by molar-refractivity contribution is 5.92. The summed E-state index contributed by atoms with van der Waals surface area (Å²) in [6.45, 7) is 2.87. The summed E-state index contributed by atoms with van der Waals surface area (Å²) in [5.74, 6) is -0.446. The number of amides is 1. The standard InChI is InChI=1S/C20H21F3N2O/c1-13(5-6-14-7-9-15(10-8-14)19(24)26)25-12-18(25)16-3-2-4-17(11-16)20(21,22)23/h2-4,7-11,13,18H,5-6,12H2,1H3,(H2,24,26)/t13-,18?,25?/m1/s1. The summed E-state index contributed by atoms with van der Waals surface area (Å²) in [5.41, 5.74) is 6.95. The molecule has 1 saturated heterocycles. The molecule has 0 radical (unpaired) electrons. The monoisotopic (exact) mass is 362 g/mol. The molecule has 26 heavy (non-hydrogen) atoms. The molecule has 1 fully saturated rings. The summed E-state index contributed by atoms with van der Waals surface area (Å²) >= 11 is 0. The number of alkyl halides is 3. The third kappa shape index (κ3) is 4.25. The fraction of sp³-hybridized carbons (Fsp3) is 0.350. The van der Waals surface area contributed by atoms with Crippen molar-refractivity contribution in [2.24, 2.45) is 5.73 Å². The number of rotatable bonds is 6. The lowest BCUT2D eigenvalue weighted by Crippen LogP contribution is -2.16. The van der Waals surface area contributed by atoms with E-state index in [9.17, 15) is 18.0 Å². The Morgan fingerprint density at radius 2 is 1.92 bits per heavy atom. The Bertz CT molecular complexity index is 786.